The third-order valence-corrected chi connectivity index (χ3v) is 3.25. The molecule has 2 heterocycles. The number of hydrogen-bond acceptors (Lipinski definition) is 3. The fourth-order valence-electron chi connectivity index (χ4n) is 2.09. The molecule has 2 rings (SSSR count). The highest BCUT2D eigenvalue weighted by Gasteiger charge is 2.24. The topological polar surface area (TPSA) is 66.6 Å². The van der Waals surface area contributed by atoms with Gasteiger partial charge < -0.3 is 10.4 Å². The van der Waals surface area contributed by atoms with Gasteiger partial charge in [0.2, 0.25) is 0 Å². The minimum absolute atomic E-state index is 0.115. The molecule has 0 saturated carbocycles. The largest absolute Gasteiger partial charge is 0.394 e. The van der Waals surface area contributed by atoms with Gasteiger partial charge in [0.1, 0.15) is 11.3 Å². The zero-order chi connectivity index (χ0) is 14.9. The first-order chi connectivity index (χ1) is 9.38. The van der Waals surface area contributed by atoms with Crippen LogP contribution >= 0.6 is 0 Å². The van der Waals surface area contributed by atoms with Crippen LogP contribution in [-0.4, -0.2) is 32.5 Å². The Balaban J connectivity index is 2.49. The normalized spacial score (nSPS) is 11.8. The predicted octanol–water partition coefficient (Wildman–Crippen LogP) is 1.71. The van der Waals surface area contributed by atoms with Crippen LogP contribution in [0.25, 0.3) is 5.65 Å². The van der Waals surface area contributed by atoms with Crippen molar-refractivity contribution in [2.45, 2.75) is 39.7 Å². The number of carbonyl (C=O) groups is 1. The van der Waals surface area contributed by atoms with Crippen LogP contribution in [0.3, 0.4) is 0 Å². The molecule has 0 fully saturated rings. The second-order valence-electron chi connectivity index (χ2n) is 5.69. The second-order valence-corrected chi connectivity index (χ2v) is 5.69. The lowest BCUT2D eigenvalue weighted by atomic mass is 10.1. The number of aliphatic hydroxyl groups excluding tert-OH is 1. The molecule has 2 aromatic heterocycles. The van der Waals surface area contributed by atoms with E-state index < -0.39 is 5.54 Å². The van der Waals surface area contributed by atoms with Gasteiger partial charge in [0.25, 0.3) is 5.91 Å². The molecule has 0 aromatic carbocycles. The number of nitrogens with zero attached hydrogens (tertiary/aromatic N) is 2. The van der Waals surface area contributed by atoms with E-state index in [9.17, 15) is 9.90 Å². The van der Waals surface area contributed by atoms with Crippen LogP contribution in [-0.2, 0) is 6.42 Å². The molecule has 20 heavy (non-hydrogen) atoms. The van der Waals surface area contributed by atoms with Crippen molar-refractivity contribution in [1.29, 1.82) is 0 Å². The lowest BCUT2D eigenvalue weighted by molar-refractivity contribution is 0.0862. The van der Waals surface area contributed by atoms with Gasteiger partial charge in [-0.2, -0.15) is 0 Å². The van der Waals surface area contributed by atoms with Crippen molar-refractivity contribution in [2.75, 3.05) is 6.61 Å². The van der Waals surface area contributed by atoms with Crippen LogP contribution in [0.2, 0.25) is 0 Å². The van der Waals surface area contributed by atoms with Crippen molar-refractivity contribution < 1.29 is 9.90 Å². The van der Waals surface area contributed by atoms with Crippen molar-refractivity contribution in [3.05, 3.63) is 35.3 Å². The Morgan fingerprint density at radius 2 is 2.20 bits per heavy atom. The van der Waals surface area contributed by atoms with E-state index >= 15 is 0 Å². The molecular formula is C15H21N3O2. The summed E-state index contributed by atoms with van der Waals surface area (Å²) in [5.74, 6) is -0.211. The van der Waals surface area contributed by atoms with Crippen molar-refractivity contribution in [2.24, 2.45) is 0 Å². The third kappa shape index (κ3) is 2.67. The number of amides is 1. The molecule has 2 N–H and O–H groups in total. The molecule has 108 valence electrons. The van der Waals surface area contributed by atoms with Gasteiger partial charge in [-0.05, 0) is 44.9 Å². The monoisotopic (exact) mass is 275 g/mol. The van der Waals surface area contributed by atoms with Crippen LogP contribution in [0.1, 0.15) is 42.5 Å². The Kier molecular flexibility index (Phi) is 3.81. The number of hydrogen-bond donors (Lipinski definition) is 2. The van der Waals surface area contributed by atoms with Crippen LogP contribution in [0.5, 0.6) is 0 Å². The van der Waals surface area contributed by atoms with Gasteiger partial charge >= 0.3 is 0 Å². The van der Waals surface area contributed by atoms with E-state index in [1.54, 1.807) is 18.2 Å². The van der Waals surface area contributed by atoms with Crippen molar-refractivity contribution >= 4 is 11.6 Å². The van der Waals surface area contributed by atoms with Gasteiger partial charge in [0, 0.05) is 6.20 Å². The van der Waals surface area contributed by atoms with Gasteiger partial charge in [-0.25, -0.2) is 4.98 Å². The van der Waals surface area contributed by atoms with E-state index in [1.165, 1.54) is 0 Å². The zero-order valence-electron chi connectivity index (χ0n) is 12.4. The summed E-state index contributed by atoms with van der Waals surface area (Å²) in [7, 11) is 0. The van der Waals surface area contributed by atoms with E-state index in [2.05, 4.69) is 10.3 Å². The highest BCUT2D eigenvalue weighted by Crippen LogP contribution is 2.16. The fourth-order valence-corrected chi connectivity index (χ4v) is 2.09. The highest BCUT2D eigenvalue weighted by atomic mass is 16.3. The summed E-state index contributed by atoms with van der Waals surface area (Å²) in [6, 6.07) is 3.90. The summed E-state index contributed by atoms with van der Waals surface area (Å²) in [6.45, 7) is 7.42. The number of aryl methyl sites for hydroxylation is 2. The molecule has 5 heteroatoms. The highest BCUT2D eigenvalue weighted by molar-refractivity contribution is 5.95. The van der Waals surface area contributed by atoms with Crippen molar-refractivity contribution in [1.82, 2.24) is 14.7 Å². The molecule has 0 unspecified atom stereocenters. The summed E-state index contributed by atoms with van der Waals surface area (Å²) in [5, 5.41) is 12.1. The maximum absolute atomic E-state index is 12.5. The zero-order valence-corrected chi connectivity index (χ0v) is 12.4. The average molecular weight is 275 g/mol. The van der Waals surface area contributed by atoms with Gasteiger partial charge in [-0.1, -0.05) is 6.92 Å². The molecule has 0 radical (unpaired) electrons. The summed E-state index contributed by atoms with van der Waals surface area (Å²) >= 11 is 0. The number of pyridine rings is 1. The number of carbonyl (C=O) groups excluding carboxylic acids is 1. The van der Waals surface area contributed by atoms with Gasteiger partial charge in [-0.15, -0.1) is 0 Å². The van der Waals surface area contributed by atoms with Crippen LogP contribution < -0.4 is 5.32 Å². The lowest BCUT2D eigenvalue weighted by Crippen LogP contribution is -2.46. The summed E-state index contributed by atoms with van der Waals surface area (Å²) in [6.07, 6.45) is 2.54. The fraction of sp³-hybridized carbons (Fsp3) is 0.467. The first-order valence-electron chi connectivity index (χ1n) is 6.79. The number of aliphatic hydroxyl groups is 1. The SMILES string of the molecule is CCc1nc2cc(C)ccn2c1C(=O)NC(C)(C)CO. The summed E-state index contributed by atoms with van der Waals surface area (Å²) < 4.78 is 1.80. The molecule has 2 aromatic rings. The molecule has 0 aliphatic rings. The smallest absolute Gasteiger partial charge is 0.270 e. The quantitative estimate of drug-likeness (QED) is 0.892. The standard InChI is InChI=1S/C15H21N3O2/c1-5-11-13(14(20)17-15(3,4)9-19)18-7-6-10(2)8-12(18)16-11/h6-8,19H,5,9H2,1-4H3,(H,17,20). The van der Waals surface area contributed by atoms with E-state index in [0.29, 0.717) is 12.1 Å². The number of imidazole rings is 1. The van der Waals surface area contributed by atoms with Crippen molar-refractivity contribution in [3.8, 4) is 0 Å². The maximum atomic E-state index is 12.5. The van der Waals surface area contributed by atoms with E-state index in [1.807, 2.05) is 32.2 Å². The Morgan fingerprint density at radius 3 is 2.80 bits per heavy atom. The molecule has 0 saturated heterocycles. The molecule has 0 aliphatic carbocycles. The lowest BCUT2D eigenvalue weighted by Gasteiger charge is -2.23. The van der Waals surface area contributed by atoms with Gasteiger partial charge in [0.15, 0.2) is 0 Å². The molecule has 5 nitrogen and oxygen atoms in total. The summed E-state index contributed by atoms with van der Waals surface area (Å²) in [4.78, 5) is 17.0. The Hall–Kier alpha value is -1.88. The molecule has 0 spiro atoms. The number of fused-ring (bicyclic) bond motifs is 1. The summed E-state index contributed by atoms with van der Waals surface area (Å²) in [5.41, 5.74) is 2.53. The first-order valence-corrected chi connectivity index (χ1v) is 6.79. The van der Waals surface area contributed by atoms with E-state index in [-0.39, 0.29) is 12.5 Å². The molecular weight excluding hydrogens is 254 g/mol. The van der Waals surface area contributed by atoms with E-state index in [4.69, 9.17) is 0 Å². The predicted molar refractivity (Wildman–Crippen MR) is 77.9 cm³/mol. The van der Waals surface area contributed by atoms with Gasteiger partial charge in [-0.3, -0.25) is 9.20 Å². The first kappa shape index (κ1) is 14.5. The molecule has 1 amide bonds. The molecule has 0 bridgehead atoms. The van der Waals surface area contributed by atoms with Crippen LogP contribution in [0.15, 0.2) is 18.3 Å². The third-order valence-electron chi connectivity index (χ3n) is 3.25. The van der Waals surface area contributed by atoms with E-state index in [0.717, 1.165) is 16.9 Å². The van der Waals surface area contributed by atoms with Crippen LogP contribution in [0.4, 0.5) is 0 Å². The number of aromatic nitrogens is 2. The second kappa shape index (κ2) is 5.25. The van der Waals surface area contributed by atoms with Crippen LogP contribution in [0, 0.1) is 6.92 Å². The maximum Gasteiger partial charge on any atom is 0.270 e. The number of nitrogens with one attached hydrogen (secondary N) is 1. The van der Waals surface area contributed by atoms with Crippen molar-refractivity contribution in [3.63, 3.8) is 0 Å². The Labute approximate surface area is 118 Å². The minimum Gasteiger partial charge on any atom is -0.394 e. The molecule has 0 aliphatic heterocycles. The van der Waals surface area contributed by atoms with Gasteiger partial charge in [0.05, 0.1) is 17.8 Å². The number of rotatable bonds is 4. The molecule has 0 atom stereocenters. The minimum atomic E-state index is -0.656. The average Bonchev–Trinajstić information content (AvgIpc) is 2.75. The Morgan fingerprint density at radius 1 is 1.50 bits per heavy atom. The Bertz CT molecular complexity index is 644.